The maximum absolute atomic E-state index is 12.8. The van der Waals surface area contributed by atoms with E-state index in [0.717, 1.165) is 25.9 Å². The second-order valence-corrected chi connectivity index (χ2v) is 7.46. The molecule has 0 N–H and O–H groups in total. The van der Waals surface area contributed by atoms with E-state index >= 15 is 0 Å². The molecule has 0 atom stereocenters. The molecule has 4 rings (SSSR count). The summed E-state index contributed by atoms with van der Waals surface area (Å²) in [5.41, 5.74) is 1.06. The Hall–Kier alpha value is -4.21. The van der Waals surface area contributed by atoms with Gasteiger partial charge in [-0.25, -0.2) is 14.3 Å². The van der Waals surface area contributed by atoms with Gasteiger partial charge in [0.1, 0.15) is 16.9 Å². The molecule has 1 aromatic heterocycles. The number of esters is 2. The number of anilines is 1. The second kappa shape index (κ2) is 9.11. The smallest absolute Gasteiger partial charge is 0.357 e. The number of hydrogen-bond acceptors (Lipinski definition) is 8. The minimum atomic E-state index is -0.807. The van der Waals surface area contributed by atoms with Gasteiger partial charge in [0.25, 0.3) is 5.69 Å². The van der Waals surface area contributed by atoms with E-state index in [-0.39, 0.29) is 22.6 Å². The van der Waals surface area contributed by atoms with Crippen LogP contribution in [0.2, 0.25) is 0 Å². The quantitative estimate of drug-likeness (QED) is 0.318. The SMILES string of the molecule is COC(=O)c1c(-c2ccc(N3CCCC3)c([N+](=O)[O-])c2)nn(-c2ccccc2)c1C(=O)OC. The first kappa shape index (κ1) is 22.0. The Bertz CT molecular complexity index is 1220. The third-order valence-electron chi connectivity index (χ3n) is 5.55. The first-order valence-corrected chi connectivity index (χ1v) is 10.3. The van der Waals surface area contributed by atoms with Crippen LogP contribution in [0.5, 0.6) is 0 Å². The van der Waals surface area contributed by atoms with Crippen LogP contribution in [0, 0.1) is 10.1 Å². The minimum Gasteiger partial charge on any atom is -0.465 e. The van der Waals surface area contributed by atoms with Crippen molar-refractivity contribution < 1.29 is 24.0 Å². The van der Waals surface area contributed by atoms with Crippen molar-refractivity contribution in [2.24, 2.45) is 0 Å². The molecule has 0 amide bonds. The van der Waals surface area contributed by atoms with Crippen molar-refractivity contribution in [3.05, 3.63) is 69.9 Å². The number of nitro benzene ring substituents is 1. The summed E-state index contributed by atoms with van der Waals surface area (Å²) in [4.78, 5) is 38.8. The molecular weight excluding hydrogens is 428 g/mol. The van der Waals surface area contributed by atoms with Crippen LogP contribution in [0.15, 0.2) is 48.5 Å². The Morgan fingerprint density at radius 1 is 1.00 bits per heavy atom. The molecular formula is C23H22N4O6. The maximum atomic E-state index is 12.8. The Balaban J connectivity index is 1.96. The molecule has 1 saturated heterocycles. The minimum absolute atomic E-state index is 0.0853. The monoisotopic (exact) mass is 450 g/mol. The van der Waals surface area contributed by atoms with Crippen molar-refractivity contribution in [2.75, 3.05) is 32.2 Å². The lowest BCUT2D eigenvalue weighted by Gasteiger charge is -2.17. The molecule has 0 bridgehead atoms. The molecule has 0 aliphatic carbocycles. The fourth-order valence-electron chi connectivity index (χ4n) is 4.00. The van der Waals surface area contributed by atoms with Crippen molar-refractivity contribution in [1.82, 2.24) is 9.78 Å². The Kier molecular flexibility index (Phi) is 6.07. The van der Waals surface area contributed by atoms with E-state index < -0.39 is 16.9 Å². The van der Waals surface area contributed by atoms with Crippen LogP contribution < -0.4 is 4.90 Å². The molecule has 0 saturated carbocycles. The Labute approximate surface area is 189 Å². The number of methoxy groups -OCH3 is 2. The average Bonchev–Trinajstić information content (AvgIpc) is 3.52. The van der Waals surface area contributed by atoms with Gasteiger partial charge in [0.2, 0.25) is 0 Å². The highest BCUT2D eigenvalue weighted by Crippen LogP contribution is 2.37. The molecule has 1 fully saturated rings. The molecule has 10 heteroatoms. The van der Waals surface area contributed by atoms with E-state index in [9.17, 15) is 19.7 Å². The molecule has 0 spiro atoms. The highest BCUT2D eigenvalue weighted by Gasteiger charge is 2.32. The van der Waals surface area contributed by atoms with Crippen molar-refractivity contribution in [3.8, 4) is 16.9 Å². The number of carbonyl (C=O) groups excluding carboxylic acids is 2. The van der Waals surface area contributed by atoms with Gasteiger partial charge in [0, 0.05) is 24.7 Å². The van der Waals surface area contributed by atoms with Crippen molar-refractivity contribution >= 4 is 23.3 Å². The standard InChI is InChI=1S/C23H22N4O6/c1-32-22(28)19-20(24-26(21(19)23(29)33-2)16-8-4-3-5-9-16)15-10-11-17(18(14-15)27(30)31)25-12-6-7-13-25/h3-5,8-11,14H,6-7,12-13H2,1-2H3. The first-order valence-electron chi connectivity index (χ1n) is 10.3. The lowest BCUT2D eigenvalue weighted by atomic mass is 10.0. The van der Waals surface area contributed by atoms with Gasteiger partial charge in [-0.3, -0.25) is 10.1 Å². The molecule has 1 aliphatic heterocycles. The van der Waals surface area contributed by atoms with Crippen LogP contribution in [0.3, 0.4) is 0 Å². The van der Waals surface area contributed by atoms with E-state index in [2.05, 4.69) is 5.10 Å². The number of nitrogens with zero attached hydrogens (tertiary/aromatic N) is 4. The van der Waals surface area contributed by atoms with Crippen LogP contribution in [-0.4, -0.2) is 54.0 Å². The third-order valence-corrected chi connectivity index (χ3v) is 5.55. The van der Waals surface area contributed by atoms with Crippen molar-refractivity contribution in [3.63, 3.8) is 0 Å². The summed E-state index contributed by atoms with van der Waals surface area (Å²) in [6.45, 7) is 1.48. The van der Waals surface area contributed by atoms with Gasteiger partial charge in [-0.1, -0.05) is 24.3 Å². The van der Waals surface area contributed by atoms with Crippen molar-refractivity contribution in [1.29, 1.82) is 0 Å². The zero-order chi connectivity index (χ0) is 23.5. The number of aromatic nitrogens is 2. The van der Waals surface area contributed by atoms with Crippen LogP contribution in [0.1, 0.15) is 33.7 Å². The highest BCUT2D eigenvalue weighted by molar-refractivity contribution is 6.07. The topological polar surface area (TPSA) is 117 Å². The Morgan fingerprint density at radius 3 is 2.27 bits per heavy atom. The first-order chi connectivity index (χ1) is 16.0. The van der Waals surface area contributed by atoms with Gasteiger partial charge in [-0.15, -0.1) is 0 Å². The summed E-state index contributed by atoms with van der Waals surface area (Å²) in [6.07, 6.45) is 1.94. The number of nitro groups is 1. The van der Waals surface area contributed by atoms with E-state index in [4.69, 9.17) is 9.47 Å². The highest BCUT2D eigenvalue weighted by atomic mass is 16.6. The summed E-state index contributed by atoms with van der Waals surface area (Å²) in [7, 11) is 2.38. The summed E-state index contributed by atoms with van der Waals surface area (Å²) in [5, 5.41) is 16.4. The predicted molar refractivity (Wildman–Crippen MR) is 120 cm³/mol. The van der Waals surface area contributed by atoms with Gasteiger partial charge < -0.3 is 14.4 Å². The molecule has 0 radical (unpaired) electrons. The molecule has 10 nitrogen and oxygen atoms in total. The zero-order valence-electron chi connectivity index (χ0n) is 18.2. The van der Waals surface area contributed by atoms with Gasteiger partial charge in [0.15, 0.2) is 5.69 Å². The van der Waals surface area contributed by atoms with Gasteiger partial charge in [-0.05, 0) is 31.0 Å². The second-order valence-electron chi connectivity index (χ2n) is 7.46. The van der Waals surface area contributed by atoms with Gasteiger partial charge in [0.05, 0.1) is 24.8 Å². The van der Waals surface area contributed by atoms with Crippen molar-refractivity contribution in [2.45, 2.75) is 12.8 Å². The molecule has 2 aromatic carbocycles. The fraction of sp³-hybridized carbons (Fsp3) is 0.261. The molecule has 170 valence electrons. The molecule has 2 heterocycles. The summed E-state index contributed by atoms with van der Waals surface area (Å²) in [5.74, 6) is -1.60. The summed E-state index contributed by atoms with van der Waals surface area (Å²) in [6, 6.07) is 13.4. The van der Waals surface area contributed by atoms with Crippen LogP contribution in [-0.2, 0) is 9.47 Å². The normalized spacial score (nSPS) is 13.1. The predicted octanol–water partition coefficient (Wildman–Crippen LogP) is 3.62. The number of para-hydroxylation sites is 1. The van der Waals surface area contributed by atoms with E-state index in [1.807, 2.05) is 4.90 Å². The number of rotatable bonds is 6. The summed E-state index contributed by atoms with van der Waals surface area (Å²) >= 11 is 0. The fourth-order valence-corrected chi connectivity index (χ4v) is 4.00. The largest absolute Gasteiger partial charge is 0.465 e. The molecule has 3 aromatic rings. The van der Waals surface area contributed by atoms with Crippen LogP contribution in [0.4, 0.5) is 11.4 Å². The van der Waals surface area contributed by atoms with E-state index in [1.165, 1.54) is 25.0 Å². The maximum Gasteiger partial charge on any atom is 0.357 e. The lowest BCUT2D eigenvalue weighted by molar-refractivity contribution is -0.384. The number of carbonyl (C=O) groups is 2. The zero-order valence-corrected chi connectivity index (χ0v) is 18.2. The van der Waals surface area contributed by atoms with Gasteiger partial charge >= 0.3 is 11.9 Å². The van der Waals surface area contributed by atoms with E-state index in [0.29, 0.717) is 16.9 Å². The van der Waals surface area contributed by atoms with Crippen LogP contribution in [0.25, 0.3) is 16.9 Å². The lowest BCUT2D eigenvalue weighted by Crippen LogP contribution is -2.18. The number of hydrogen-bond donors (Lipinski definition) is 0. The average molecular weight is 450 g/mol. The molecule has 0 unspecified atom stereocenters. The van der Waals surface area contributed by atoms with E-state index in [1.54, 1.807) is 42.5 Å². The molecule has 1 aliphatic rings. The number of benzene rings is 2. The summed E-state index contributed by atoms with van der Waals surface area (Å²) < 4.78 is 11.1. The number of ether oxygens (including phenoxy) is 2. The third kappa shape index (κ3) is 4.02. The molecule has 33 heavy (non-hydrogen) atoms. The van der Waals surface area contributed by atoms with Gasteiger partial charge in [-0.2, -0.15) is 5.10 Å². The van der Waals surface area contributed by atoms with Crippen LogP contribution >= 0.6 is 0 Å². The Morgan fingerprint density at radius 2 is 1.67 bits per heavy atom.